The topological polar surface area (TPSA) is 88.6 Å². The van der Waals surface area contributed by atoms with E-state index in [0.29, 0.717) is 28.9 Å². The molecule has 2 aromatic heterocycles. The van der Waals surface area contributed by atoms with E-state index in [4.69, 9.17) is 21.0 Å². The number of imidazole rings is 1. The highest BCUT2D eigenvalue weighted by atomic mass is 35.5. The number of fused-ring (bicyclic) bond motifs is 1. The van der Waals surface area contributed by atoms with Gasteiger partial charge in [0, 0.05) is 23.2 Å². The van der Waals surface area contributed by atoms with Gasteiger partial charge >= 0.3 is 0 Å². The Kier molecular flexibility index (Phi) is 8.51. The van der Waals surface area contributed by atoms with Crippen molar-refractivity contribution in [2.45, 2.75) is 91.0 Å². The third-order valence-corrected chi connectivity index (χ3v) is 13.0. The molecule has 1 aliphatic carbocycles. The van der Waals surface area contributed by atoms with Crippen molar-refractivity contribution in [3.63, 3.8) is 0 Å². The maximum absolute atomic E-state index is 9.68. The number of aromatic nitrogens is 4. The largest absolute Gasteiger partial charge is 0.415 e. The van der Waals surface area contributed by atoms with Crippen molar-refractivity contribution in [3.8, 4) is 17.3 Å². The van der Waals surface area contributed by atoms with E-state index in [9.17, 15) is 5.26 Å². The molecule has 0 spiro atoms. The summed E-state index contributed by atoms with van der Waals surface area (Å²) in [6.45, 7) is 17.2. The van der Waals surface area contributed by atoms with Crippen molar-refractivity contribution in [2.75, 3.05) is 11.9 Å². The third kappa shape index (κ3) is 6.39. The van der Waals surface area contributed by atoms with Gasteiger partial charge in [0.25, 0.3) is 0 Å². The zero-order valence-corrected chi connectivity index (χ0v) is 25.6. The standard InChI is InChI=1S/C29H41ClN6OSi/c1-19-11-13-21(14-12-19)17-36-26-25(22-9-8-10-23(30)15-22)33-24(16-31)34-27(26)35-28(36)32-20(2)18-37-38(6,7)29(3,4)5/h8-10,15,19-21H,11-14,17-18H2,1-7H3,(H,32,33,34,35). The van der Waals surface area contributed by atoms with Gasteiger partial charge in [-0.1, -0.05) is 64.3 Å². The molecule has 0 saturated heterocycles. The minimum Gasteiger partial charge on any atom is -0.415 e. The first-order chi connectivity index (χ1) is 17.9. The van der Waals surface area contributed by atoms with Crippen molar-refractivity contribution in [1.82, 2.24) is 19.5 Å². The van der Waals surface area contributed by atoms with Gasteiger partial charge in [-0.2, -0.15) is 15.2 Å². The van der Waals surface area contributed by atoms with Crippen LogP contribution in [0, 0.1) is 23.2 Å². The Morgan fingerprint density at radius 2 is 1.89 bits per heavy atom. The molecule has 1 aromatic carbocycles. The summed E-state index contributed by atoms with van der Waals surface area (Å²) in [5.41, 5.74) is 2.89. The lowest BCUT2D eigenvalue weighted by Gasteiger charge is -2.37. The highest BCUT2D eigenvalue weighted by Gasteiger charge is 2.37. The van der Waals surface area contributed by atoms with E-state index in [1.54, 1.807) is 0 Å². The molecular weight excluding hydrogens is 512 g/mol. The molecule has 0 amide bonds. The zero-order valence-electron chi connectivity index (χ0n) is 23.8. The van der Waals surface area contributed by atoms with E-state index < -0.39 is 8.32 Å². The van der Waals surface area contributed by atoms with Crippen LogP contribution in [0.5, 0.6) is 0 Å². The van der Waals surface area contributed by atoms with Crippen molar-refractivity contribution in [3.05, 3.63) is 35.1 Å². The summed E-state index contributed by atoms with van der Waals surface area (Å²) >= 11 is 6.35. The SMILES string of the molecule is CC1CCC(Cn2c(NC(C)CO[Si](C)(C)C(C)(C)C)nc3nc(C#N)nc(-c4cccc(Cl)c4)c32)CC1. The minimum absolute atomic E-state index is 0.0454. The van der Waals surface area contributed by atoms with Crippen LogP contribution in [-0.4, -0.2) is 40.5 Å². The summed E-state index contributed by atoms with van der Waals surface area (Å²) in [6.07, 6.45) is 4.86. The van der Waals surface area contributed by atoms with Crippen LogP contribution >= 0.6 is 11.6 Å². The molecule has 0 aliphatic heterocycles. The zero-order chi connectivity index (χ0) is 27.7. The Bertz CT molecular complexity index is 1320. The second-order valence-corrected chi connectivity index (χ2v) is 17.7. The molecule has 1 unspecified atom stereocenters. The summed E-state index contributed by atoms with van der Waals surface area (Å²) < 4.78 is 8.73. The van der Waals surface area contributed by atoms with Gasteiger partial charge in [0.15, 0.2) is 14.0 Å². The summed E-state index contributed by atoms with van der Waals surface area (Å²) in [6, 6.07) is 9.75. The van der Waals surface area contributed by atoms with Crippen LogP contribution in [0.3, 0.4) is 0 Å². The fraction of sp³-hybridized carbons (Fsp3) is 0.586. The average Bonchev–Trinajstić information content (AvgIpc) is 3.19. The van der Waals surface area contributed by atoms with E-state index in [-0.39, 0.29) is 16.9 Å². The Balaban J connectivity index is 1.75. The Morgan fingerprint density at radius 3 is 2.53 bits per heavy atom. The number of benzene rings is 1. The van der Waals surface area contributed by atoms with Crippen LogP contribution in [0.2, 0.25) is 23.2 Å². The summed E-state index contributed by atoms with van der Waals surface area (Å²) in [5, 5.41) is 14.1. The fourth-order valence-electron chi connectivity index (χ4n) is 4.79. The number of nitriles is 1. The van der Waals surface area contributed by atoms with Gasteiger partial charge in [-0.05, 0) is 61.9 Å². The van der Waals surface area contributed by atoms with Crippen LogP contribution in [-0.2, 0) is 11.0 Å². The van der Waals surface area contributed by atoms with E-state index >= 15 is 0 Å². The minimum atomic E-state index is -1.88. The summed E-state index contributed by atoms with van der Waals surface area (Å²) in [4.78, 5) is 14.1. The van der Waals surface area contributed by atoms with Crippen molar-refractivity contribution in [2.24, 2.45) is 11.8 Å². The van der Waals surface area contributed by atoms with Crippen LogP contribution in [0.1, 0.15) is 66.1 Å². The van der Waals surface area contributed by atoms with E-state index in [2.05, 4.69) is 73.6 Å². The Hall–Kier alpha value is -2.47. The van der Waals surface area contributed by atoms with Crippen LogP contribution in [0.15, 0.2) is 24.3 Å². The Labute approximate surface area is 233 Å². The first-order valence-electron chi connectivity index (χ1n) is 13.7. The van der Waals surface area contributed by atoms with Gasteiger partial charge in [0.2, 0.25) is 11.8 Å². The molecule has 9 heteroatoms. The smallest absolute Gasteiger partial charge is 0.234 e. The van der Waals surface area contributed by atoms with Crippen LogP contribution in [0.25, 0.3) is 22.4 Å². The molecule has 1 atom stereocenters. The normalized spacial score (nSPS) is 19.3. The second kappa shape index (κ2) is 11.3. The molecule has 204 valence electrons. The van der Waals surface area contributed by atoms with Gasteiger partial charge in [0.1, 0.15) is 17.3 Å². The van der Waals surface area contributed by atoms with E-state index in [1.165, 1.54) is 25.7 Å². The number of halogens is 1. The van der Waals surface area contributed by atoms with Crippen LogP contribution in [0.4, 0.5) is 5.95 Å². The quantitative estimate of drug-likeness (QED) is 0.288. The number of nitrogens with one attached hydrogen (secondary N) is 1. The first-order valence-corrected chi connectivity index (χ1v) is 17.0. The molecule has 0 radical (unpaired) electrons. The second-order valence-electron chi connectivity index (χ2n) is 12.5. The highest BCUT2D eigenvalue weighted by Crippen LogP contribution is 2.37. The molecular formula is C29H41ClN6OSi. The fourth-order valence-corrected chi connectivity index (χ4v) is 6.08. The third-order valence-electron chi connectivity index (χ3n) is 8.25. The van der Waals surface area contributed by atoms with E-state index in [0.717, 1.165) is 29.5 Å². The highest BCUT2D eigenvalue weighted by molar-refractivity contribution is 6.74. The number of nitrogens with zero attached hydrogens (tertiary/aromatic N) is 5. The maximum Gasteiger partial charge on any atom is 0.234 e. The number of anilines is 1. The summed E-state index contributed by atoms with van der Waals surface area (Å²) in [7, 11) is -1.88. The predicted molar refractivity (Wildman–Crippen MR) is 158 cm³/mol. The van der Waals surface area contributed by atoms with Gasteiger partial charge in [0.05, 0.1) is 6.61 Å². The number of hydrogen-bond acceptors (Lipinski definition) is 6. The molecule has 7 nitrogen and oxygen atoms in total. The number of hydrogen-bond donors (Lipinski definition) is 1. The van der Waals surface area contributed by atoms with Gasteiger partial charge in [-0.25, -0.2) is 4.98 Å². The van der Waals surface area contributed by atoms with Crippen molar-refractivity contribution < 1.29 is 4.43 Å². The maximum atomic E-state index is 9.68. The first kappa shape index (κ1) is 28.5. The van der Waals surface area contributed by atoms with Crippen molar-refractivity contribution in [1.29, 1.82) is 5.26 Å². The lowest BCUT2D eigenvalue weighted by atomic mass is 9.83. The lowest BCUT2D eigenvalue weighted by Crippen LogP contribution is -2.43. The van der Waals surface area contributed by atoms with E-state index in [1.807, 2.05) is 24.3 Å². The molecule has 4 rings (SSSR count). The average molecular weight is 553 g/mol. The molecule has 1 fully saturated rings. The Morgan fingerprint density at radius 1 is 1.18 bits per heavy atom. The molecule has 38 heavy (non-hydrogen) atoms. The predicted octanol–water partition coefficient (Wildman–Crippen LogP) is 7.67. The molecule has 1 aliphatic rings. The summed E-state index contributed by atoms with van der Waals surface area (Å²) in [5.74, 6) is 2.17. The molecule has 1 N–H and O–H groups in total. The molecule has 0 bridgehead atoms. The van der Waals surface area contributed by atoms with Crippen LogP contribution < -0.4 is 5.32 Å². The monoisotopic (exact) mass is 552 g/mol. The van der Waals surface area contributed by atoms with Gasteiger partial charge in [-0.15, -0.1) is 0 Å². The van der Waals surface area contributed by atoms with Gasteiger partial charge < -0.3 is 14.3 Å². The van der Waals surface area contributed by atoms with Gasteiger partial charge in [-0.3, -0.25) is 0 Å². The lowest BCUT2D eigenvalue weighted by molar-refractivity contribution is 0.265. The van der Waals surface area contributed by atoms with Crippen molar-refractivity contribution >= 4 is 37.0 Å². The molecule has 1 saturated carbocycles. The molecule has 2 heterocycles. The molecule has 3 aromatic rings. The number of rotatable bonds is 8.